The predicted octanol–water partition coefficient (Wildman–Crippen LogP) is 3.01. The lowest BCUT2D eigenvalue weighted by Crippen LogP contribution is -2.17. The molecule has 0 radical (unpaired) electrons. The Labute approximate surface area is 112 Å². The smallest absolute Gasteiger partial charge is 0.142 e. The second-order valence-electron chi connectivity index (χ2n) is 4.28. The minimum Gasteiger partial charge on any atom is -0.310 e. The van der Waals surface area contributed by atoms with Crippen LogP contribution in [0.2, 0.25) is 0 Å². The number of aryl methyl sites for hydroxylation is 2. The SMILES string of the molecule is CCNC(C)c1sc(-c2ccnn2CC)nc1C. The van der Waals surface area contributed by atoms with Crippen molar-refractivity contribution in [3.05, 3.63) is 22.8 Å². The van der Waals surface area contributed by atoms with Crippen molar-refractivity contribution in [1.29, 1.82) is 0 Å². The van der Waals surface area contributed by atoms with Crippen molar-refractivity contribution in [2.75, 3.05) is 6.54 Å². The van der Waals surface area contributed by atoms with Gasteiger partial charge in [0.15, 0.2) is 0 Å². The van der Waals surface area contributed by atoms with Crippen molar-refractivity contribution in [2.24, 2.45) is 0 Å². The average molecular weight is 264 g/mol. The number of aromatic nitrogens is 3. The van der Waals surface area contributed by atoms with Crippen molar-refractivity contribution >= 4 is 11.3 Å². The number of nitrogens with zero attached hydrogens (tertiary/aromatic N) is 3. The molecule has 0 aromatic carbocycles. The van der Waals surface area contributed by atoms with Crippen molar-refractivity contribution in [3.8, 4) is 10.7 Å². The van der Waals surface area contributed by atoms with Gasteiger partial charge in [-0.2, -0.15) is 5.10 Å². The summed E-state index contributed by atoms with van der Waals surface area (Å²) in [6.07, 6.45) is 1.84. The van der Waals surface area contributed by atoms with Gasteiger partial charge in [0.1, 0.15) is 5.01 Å². The van der Waals surface area contributed by atoms with E-state index >= 15 is 0 Å². The molecule has 0 spiro atoms. The fraction of sp³-hybridized carbons (Fsp3) is 0.538. The van der Waals surface area contributed by atoms with E-state index in [1.807, 2.05) is 16.9 Å². The maximum Gasteiger partial charge on any atom is 0.142 e. The van der Waals surface area contributed by atoms with E-state index in [1.165, 1.54) is 4.88 Å². The van der Waals surface area contributed by atoms with Crippen LogP contribution in [-0.4, -0.2) is 21.3 Å². The van der Waals surface area contributed by atoms with Crippen LogP contribution >= 0.6 is 11.3 Å². The number of thiazole rings is 1. The molecular weight excluding hydrogens is 244 g/mol. The summed E-state index contributed by atoms with van der Waals surface area (Å²) >= 11 is 1.76. The van der Waals surface area contributed by atoms with Gasteiger partial charge in [0.25, 0.3) is 0 Å². The third kappa shape index (κ3) is 2.47. The van der Waals surface area contributed by atoms with Gasteiger partial charge in [-0.15, -0.1) is 11.3 Å². The highest BCUT2D eigenvalue weighted by Crippen LogP contribution is 2.31. The van der Waals surface area contributed by atoms with Crippen LogP contribution in [-0.2, 0) is 6.54 Å². The Hall–Kier alpha value is -1.20. The molecule has 0 amide bonds. The van der Waals surface area contributed by atoms with Crippen LogP contribution in [0.15, 0.2) is 12.3 Å². The highest BCUT2D eigenvalue weighted by molar-refractivity contribution is 7.15. The first-order valence-corrected chi connectivity index (χ1v) is 7.21. The summed E-state index contributed by atoms with van der Waals surface area (Å²) in [5, 5.41) is 8.80. The molecule has 5 heteroatoms. The number of nitrogens with one attached hydrogen (secondary N) is 1. The first-order chi connectivity index (χ1) is 8.67. The topological polar surface area (TPSA) is 42.7 Å². The molecule has 0 saturated carbocycles. The maximum absolute atomic E-state index is 4.68. The van der Waals surface area contributed by atoms with E-state index in [0.717, 1.165) is 29.5 Å². The molecule has 2 aromatic heterocycles. The van der Waals surface area contributed by atoms with Gasteiger partial charge in [-0.25, -0.2) is 4.98 Å². The zero-order chi connectivity index (χ0) is 13.1. The van der Waals surface area contributed by atoms with E-state index in [-0.39, 0.29) is 0 Å². The van der Waals surface area contributed by atoms with E-state index in [4.69, 9.17) is 0 Å². The van der Waals surface area contributed by atoms with Crippen molar-refractivity contribution in [3.63, 3.8) is 0 Å². The Balaban J connectivity index is 2.34. The summed E-state index contributed by atoms with van der Waals surface area (Å²) in [6, 6.07) is 2.39. The average Bonchev–Trinajstić information content (AvgIpc) is 2.94. The summed E-state index contributed by atoms with van der Waals surface area (Å²) in [4.78, 5) is 6.00. The molecule has 18 heavy (non-hydrogen) atoms. The standard InChI is InChI=1S/C13H20N4S/c1-5-14-9(3)12-10(4)16-13(18-12)11-7-8-15-17(11)6-2/h7-9,14H,5-6H2,1-4H3. The van der Waals surface area contributed by atoms with Crippen LogP contribution in [0, 0.1) is 6.92 Å². The number of rotatable bonds is 5. The molecule has 4 nitrogen and oxygen atoms in total. The van der Waals surface area contributed by atoms with E-state index in [2.05, 4.69) is 43.1 Å². The monoisotopic (exact) mass is 264 g/mol. The van der Waals surface area contributed by atoms with Crippen molar-refractivity contribution in [1.82, 2.24) is 20.1 Å². The zero-order valence-electron chi connectivity index (χ0n) is 11.4. The molecule has 0 saturated heterocycles. The van der Waals surface area contributed by atoms with Gasteiger partial charge in [-0.3, -0.25) is 4.68 Å². The van der Waals surface area contributed by atoms with Gasteiger partial charge in [0, 0.05) is 23.7 Å². The lowest BCUT2D eigenvalue weighted by atomic mass is 10.2. The van der Waals surface area contributed by atoms with Gasteiger partial charge in [-0.1, -0.05) is 6.92 Å². The van der Waals surface area contributed by atoms with Gasteiger partial charge < -0.3 is 5.32 Å². The molecule has 2 aromatic rings. The Kier molecular flexibility index (Phi) is 4.14. The first kappa shape index (κ1) is 13.2. The largest absolute Gasteiger partial charge is 0.310 e. The van der Waals surface area contributed by atoms with Crippen LogP contribution in [0.3, 0.4) is 0 Å². The molecule has 2 heterocycles. The van der Waals surface area contributed by atoms with Crippen LogP contribution in [0.4, 0.5) is 0 Å². The fourth-order valence-electron chi connectivity index (χ4n) is 2.08. The minimum absolute atomic E-state index is 0.360. The quantitative estimate of drug-likeness (QED) is 0.902. The Morgan fingerprint density at radius 3 is 2.89 bits per heavy atom. The Morgan fingerprint density at radius 1 is 1.44 bits per heavy atom. The molecule has 1 N–H and O–H groups in total. The third-order valence-electron chi connectivity index (χ3n) is 2.97. The second kappa shape index (κ2) is 5.63. The van der Waals surface area contributed by atoms with Gasteiger partial charge in [0.05, 0.1) is 11.4 Å². The van der Waals surface area contributed by atoms with Gasteiger partial charge in [-0.05, 0) is 33.4 Å². The lowest BCUT2D eigenvalue weighted by molar-refractivity contribution is 0.603. The van der Waals surface area contributed by atoms with Gasteiger partial charge in [0.2, 0.25) is 0 Å². The highest BCUT2D eigenvalue weighted by Gasteiger charge is 2.16. The van der Waals surface area contributed by atoms with Crippen molar-refractivity contribution < 1.29 is 0 Å². The summed E-state index contributed by atoms with van der Waals surface area (Å²) < 4.78 is 1.99. The minimum atomic E-state index is 0.360. The van der Waals surface area contributed by atoms with Crippen LogP contribution in [0.25, 0.3) is 10.7 Å². The molecule has 0 fully saturated rings. The molecular formula is C13H20N4S. The van der Waals surface area contributed by atoms with Crippen molar-refractivity contribution in [2.45, 2.75) is 40.3 Å². The first-order valence-electron chi connectivity index (χ1n) is 6.40. The molecule has 1 atom stereocenters. The molecule has 2 rings (SSSR count). The fourth-order valence-corrected chi connectivity index (χ4v) is 3.21. The molecule has 0 bridgehead atoms. The predicted molar refractivity (Wildman–Crippen MR) is 75.8 cm³/mol. The van der Waals surface area contributed by atoms with Crippen LogP contribution in [0.1, 0.15) is 37.4 Å². The molecule has 1 unspecified atom stereocenters. The number of hydrogen-bond donors (Lipinski definition) is 1. The van der Waals surface area contributed by atoms with E-state index in [9.17, 15) is 0 Å². The molecule has 0 aliphatic heterocycles. The highest BCUT2D eigenvalue weighted by atomic mass is 32.1. The molecule has 98 valence electrons. The number of hydrogen-bond acceptors (Lipinski definition) is 4. The Bertz CT molecular complexity index is 515. The normalized spacial score (nSPS) is 12.9. The van der Waals surface area contributed by atoms with Gasteiger partial charge >= 0.3 is 0 Å². The zero-order valence-corrected chi connectivity index (χ0v) is 12.2. The molecule has 0 aliphatic rings. The summed E-state index contributed by atoms with van der Waals surface area (Å²) in [6.45, 7) is 10.3. The van der Waals surface area contributed by atoms with Crippen LogP contribution < -0.4 is 5.32 Å². The van der Waals surface area contributed by atoms with E-state index < -0.39 is 0 Å². The second-order valence-corrected chi connectivity index (χ2v) is 5.31. The molecule has 0 aliphatic carbocycles. The lowest BCUT2D eigenvalue weighted by Gasteiger charge is -2.09. The summed E-state index contributed by atoms with van der Waals surface area (Å²) in [7, 11) is 0. The van der Waals surface area contributed by atoms with Crippen LogP contribution in [0.5, 0.6) is 0 Å². The third-order valence-corrected chi connectivity index (χ3v) is 4.33. The van der Waals surface area contributed by atoms with E-state index in [0.29, 0.717) is 6.04 Å². The summed E-state index contributed by atoms with van der Waals surface area (Å²) in [5.74, 6) is 0. The Morgan fingerprint density at radius 2 is 2.22 bits per heavy atom. The maximum atomic E-state index is 4.68. The summed E-state index contributed by atoms with van der Waals surface area (Å²) in [5.41, 5.74) is 2.23. The van der Waals surface area contributed by atoms with E-state index in [1.54, 1.807) is 11.3 Å².